The second-order valence-corrected chi connectivity index (χ2v) is 5.01. The van der Waals surface area contributed by atoms with Crippen LogP contribution in [0.15, 0.2) is 12.3 Å². The van der Waals surface area contributed by atoms with Gasteiger partial charge in [0.1, 0.15) is 5.60 Å². The number of aromatic nitrogens is 2. The lowest BCUT2D eigenvalue weighted by Gasteiger charge is -2.23. The topological polar surface area (TPSA) is 82.2 Å². The van der Waals surface area contributed by atoms with Crippen LogP contribution in [0.3, 0.4) is 0 Å². The number of carbonyl (C=O) groups is 1. The zero-order valence-corrected chi connectivity index (χ0v) is 11.4. The smallest absolute Gasteiger partial charge is 0.408 e. The number of hydrogen-bond acceptors (Lipinski definition) is 4. The summed E-state index contributed by atoms with van der Waals surface area (Å²) in [6, 6.07) is 1.56. The van der Waals surface area contributed by atoms with Gasteiger partial charge in [0.2, 0.25) is 0 Å². The van der Waals surface area contributed by atoms with Gasteiger partial charge in [0.25, 0.3) is 0 Å². The zero-order chi connectivity index (χ0) is 13.8. The molecule has 1 heterocycles. The van der Waals surface area contributed by atoms with Crippen LogP contribution in [0.1, 0.15) is 39.4 Å². The maximum absolute atomic E-state index is 11.7. The largest absolute Gasteiger partial charge is 0.444 e. The summed E-state index contributed by atoms with van der Waals surface area (Å²) < 4.78 is 7.01. The molecule has 0 saturated carbocycles. The molecule has 6 nitrogen and oxygen atoms in total. The summed E-state index contributed by atoms with van der Waals surface area (Å²) in [5.41, 5.74) is 6.05. The predicted molar refractivity (Wildman–Crippen MR) is 69.1 cm³/mol. The minimum absolute atomic E-state index is 0.290. The minimum atomic E-state index is -0.520. The second kappa shape index (κ2) is 5.86. The third-order valence-corrected chi connectivity index (χ3v) is 2.33. The molecule has 0 aliphatic carbocycles. The van der Waals surface area contributed by atoms with Crippen LogP contribution < -0.4 is 11.1 Å². The van der Waals surface area contributed by atoms with E-state index in [9.17, 15) is 4.79 Å². The molecule has 0 spiro atoms. The minimum Gasteiger partial charge on any atom is -0.444 e. The van der Waals surface area contributed by atoms with Crippen molar-refractivity contribution in [3.63, 3.8) is 0 Å². The van der Waals surface area contributed by atoms with Gasteiger partial charge >= 0.3 is 6.09 Å². The molecule has 0 aromatic carbocycles. The lowest BCUT2D eigenvalue weighted by Crippen LogP contribution is -2.38. The Kier molecular flexibility index (Phi) is 4.72. The van der Waals surface area contributed by atoms with E-state index >= 15 is 0 Å². The zero-order valence-electron chi connectivity index (χ0n) is 11.4. The standard InChI is InChI=1S/C12H22N4O2/c1-5-16-10(6-7-14-16)9(8-13)15-11(17)18-12(2,3)4/h6-7,9H,5,8,13H2,1-4H3,(H,15,17). The van der Waals surface area contributed by atoms with Crippen molar-refractivity contribution in [2.75, 3.05) is 6.54 Å². The average Bonchev–Trinajstić information content (AvgIpc) is 2.71. The molecule has 1 aromatic rings. The van der Waals surface area contributed by atoms with Crippen LogP contribution in [-0.2, 0) is 11.3 Å². The van der Waals surface area contributed by atoms with Gasteiger partial charge in [-0.3, -0.25) is 4.68 Å². The van der Waals surface area contributed by atoms with Crippen LogP contribution in [0.25, 0.3) is 0 Å². The molecule has 0 radical (unpaired) electrons. The van der Waals surface area contributed by atoms with Crippen molar-refractivity contribution < 1.29 is 9.53 Å². The molecule has 1 amide bonds. The summed E-state index contributed by atoms with van der Waals surface area (Å²) in [4.78, 5) is 11.7. The summed E-state index contributed by atoms with van der Waals surface area (Å²) in [6.45, 7) is 8.47. The third kappa shape index (κ3) is 4.03. The SMILES string of the molecule is CCn1nccc1C(CN)NC(=O)OC(C)(C)C. The molecule has 1 aromatic heterocycles. The molecule has 102 valence electrons. The van der Waals surface area contributed by atoms with E-state index in [1.807, 2.05) is 33.8 Å². The van der Waals surface area contributed by atoms with Crippen LogP contribution in [0, 0.1) is 0 Å². The fourth-order valence-corrected chi connectivity index (χ4v) is 1.61. The third-order valence-electron chi connectivity index (χ3n) is 2.33. The molecule has 0 saturated heterocycles. The Balaban J connectivity index is 2.71. The van der Waals surface area contributed by atoms with Crippen molar-refractivity contribution in [3.8, 4) is 0 Å². The Bertz CT molecular complexity index is 395. The summed E-state index contributed by atoms with van der Waals surface area (Å²) in [5.74, 6) is 0. The van der Waals surface area contributed by atoms with Crippen molar-refractivity contribution in [1.29, 1.82) is 0 Å². The van der Waals surface area contributed by atoms with Crippen LogP contribution in [0.2, 0.25) is 0 Å². The molecule has 1 atom stereocenters. The van der Waals surface area contributed by atoms with Gasteiger partial charge in [0, 0.05) is 19.3 Å². The van der Waals surface area contributed by atoms with Crippen LogP contribution in [-0.4, -0.2) is 28.0 Å². The Labute approximate surface area is 107 Å². The molecular formula is C12H22N4O2. The predicted octanol–water partition coefficient (Wildman–Crippen LogP) is 1.43. The highest BCUT2D eigenvalue weighted by Crippen LogP contribution is 2.13. The van der Waals surface area contributed by atoms with E-state index in [1.165, 1.54) is 0 Å². The fourth-order valence-electron chi connectivity index (χ4n) is 1.61. The Morgan fingerprint density at radius 3 is 2.78 bits per heavy atom. The summed E-state index contributed by atoms with van der Waals surface area (Å²) in [5, 5.41) is 6.91. The number of nitrogens with two attached hydrogens (primary N) is 1. The van der Waals surface area contributed by atoms with Crippen molar-refractivity contribution in [2.24, 2.45) is 5.73 Å². The van der Waals surface area contributed by atoms with E-state index in [2.05, 4.69) is 10.4 Å². The maximum atomic E-state index is 11.7. The molecule has 1 unspecified atom stereocenters. The first kappa shape index (κ1) is 14.5. The molecule has 0 aliphatic rings. The van der Waals surface area contributed by atoms with Gasteiger partial charge in [-0.25, -0.2) is 4.79 Å². The van der Waals surface area contributed by atoms with Gasteiger partial charge in [-0.1, -0.05) is 0 Å². The molecular weight excluding hydrogens is 232 g/mol. The highest BCUT2D eigenvalue weighted by Gasteiger charge is 2.21. The molecule has 0 fully saturated rings. The second-order valence-electron chi connectivity index (χ2n) is 5.01. The number of aryl methyl sites for hydroxylation is 1. The number of ether oxygens (including phenoxy) is 1. The van der Waals surface area contributed by atoms with Crippen molar-refractivity contribution in [1.82, 2.24) is 15.1 Å². The van der Waals surface area contributed by atoms with E-state index in [-0.39, 0.29) is 6.04 Å². The highest BCUT2D eigenvalue weighted by atomic mass is 16.6. The number of carbonyl (C=O) groups excluding carboxylic acids is 1. The van der Waals surface area contributed by atoms with E-state index < -0.39 is 11.7 Å². The van der Waals surface area contributed by atoms with Gasteiger partial charge in [-0.2, -0.15) is 5.10 Å². The Hall–Kier alpha value is -1.56. The lowest BCUT2D eigenvalue weighted by molar-refractivity contribution is 0.0503. The molecule has 3 N–H and O–H groups in total. The first-order valence-corrected chi connectivity index (χ1v) is 6.08. The summed E-state index contributed by atoms with van der Waals surface area (Å²) in [6.07, 6.45) is 1.22. The molecule has 0 aliphatic heterocycles. The summed E-state index contributed by atoms with van der Waals surface area (Å²) >= 11 is 0. The number of nitrogens with one attached hydrogen (secondary N) is 1. The highest BCUT2D eigenvalue weighted by molar-refractivity contribution is 5.68. The van der Waals surface area contributed by atoms with Gasteiger partial charge in [-0.15, -0.1) is 0 Å². The van der Waals surface area contributed by atoms with Crippen LogP contribution in [0.5, 0.6) is 0 Å². The fraction of sp³-hybridized carbons (Fsp3) is 0.667. The van der Waals surface area contributed by atoms with Gasteiger partial charge in [0.05, 0.1) is 11.7 Å². The number of nitrogens with zero attached hydrogens (tertiary/aromatic N) is 2. The van der Waals surface area contributed by atoms with Gasteiger partial charge in [0.15, 0.2) is 0 Å². The number of rotatable bonds is 4. The average molecular weight is 254 g/mol. The van der Waals surface area contributed by atoms with Crippen LogP contribution in [0.4, 0.5) is 4.79 Å². The van der Waals surface area contributed by atoms with Crippen molar-refractivity contribution in [2.45, 2.75) is 45.9 Å². The van der Waals surface area contributed by atoms with Crippen molar-refractivity contribution in [3.05, 3.63) is 18.0 Å². The lowest BCUT2D eigenvalue weighted by atomic mass is 10.2. The molecule has 1 rings (SSSR count). The van der Waals surface area contributed by atoms with Gasteiger partial charge < -0.3 is 15.8 Å². The van der Waals surface area contributed by atoms with E-state index in [4.69, 9.17) is 10.5 Å². The molecule has 18 heavy (non-hydrogen) atoms. The monoisotopic (exact) mass is 254 g/mol. The number of alkyl carbamates (subject to hydrolysis) is 1. The Morgan fingerprint density at radius 1 is 1.61 bits per heavy atom. The Morgan fingerprint density at radius 2 is 2.28 bits per heavy atom. The van der Waals surface area contributed by atoms with E-state index in [1.54, 1.807) is 10.9 Å². The number of hydrogen-bond donors (Lipinski definition) is 2. The summed E-state index contributed by atoms with van der Waals surface area (Å²) in [7, 11) is 0. The number of amides is 1. The van der Waals surface area contributed by atoms with E-state index in [0.717, 1.165) is 12.2 Å². The molecule has 6 heteroatoms. The van der Waals surface area contributed by atoms with Crippen molar-refractivity contribution >= 4 is 6.09 Å². The normalized spacial score (nSPS) is 13.2. The van der Waals surface area contributed by atoms with Crippen LogP contribution >= 0.6 is 0 Å². The van der Waals surface area contributed by atoms with E-state index in [0.29, 0.717) is 6.54 Å². The first-order valence-electron chi connectivity index (χ1n) is 6.08. The quantitative estimate of drug-likeness (QED) is 0.851. The molecule has 0 bridgehead atoms. The maximum Gasteiger partial charge on any atom is 0.408 e. The first-order chi connectivity index (χ1) is 8.37. The van der Waals surface area contributed by atoms with Gasteiger partial charge in [-0.05, 0) is 33.8 Å².